The maximum Gasteiger partial charge on any atom is 0.203 e. The quantitative estimate of drug-likeness (QED) is 0.266. The Morgan fingerprint density at radius 2 is 1.93 bits per heavy atom. The van der Waals surface area contributed by atoms with Gasteiger partial charge in [0.05, 0.1) is 25.6 Å². The normalized spacial score (nSPS) is 10.9. The van der Waals surface area contributed by atoms with E-state index in [-0.39, 0.29) is 0 Å². The van der Waals surface area contributed by atoms with Crippen LogP contribution >= 0.6 is 11.3 Å². The fraction of sp³-hybridized carbons (Fsp3) is 0.273. The number of rotatable bonds is 10. The zero-order chi connectivity index (χ0) is 19.6. The molecule has 0 fully saturated rings. The van der Waals surface area contributed by atoms with E-state index in [9.17, 15) is 0 Å². The molecule has 5 nitrogen and oxygen atoms in total. The number of anilines is 1. The van der Waals surface area contributed by atoms with Crippen LogP contribution in [0.4, 0.5) is 5.13 Å². The Kier molecular flexibility index (Phi) is 7.44. The molecule has 1 heterocycles. The van der Waals surface area contributed by atoms with Gasteiger partial charge in [-0.25, -0.2) is 4.98 Å². The van der Waals surface area contributed by atoms with Crippen LogP contribution in [0, 0.1) is 0 Å². The first-order valence-electron chi connectivity index (χ1n) is 9.41. The molecule has 2 aromatic carbocycles. The van der Waals surface area contributed by atoms with E-state index < -0.39 is 0 Å². The molecule has 146 valence electrons. The lowest BCUT2D eigenvalue weighted by molar-refractivity contribution is 0.306. The molecule has 6 heteroatoms. The predicted octanol–water partition coefficient (Wildman–Crippen LogP) is 5.83. The third-order valence-corrected chi connectivity index (χ3v) is 4.90. The second kappa shape index (κ2) is 10.5. The van der Waals surface area contributed by atoms with E-state index in [1.165, 1.54) is 24.2 Å². The molecule has 0 aliphatic heterocycles. The van der Waals surface area contributed by atoms with Gasteiger partial charge in [-0.2, -0.15) is 5.10 Å². The molecule has 3 rings (SSSR count). The number of nitrogens with zero attached hydrogens (tertiary/aromatic N) is 2. The Balaban J connectivity index is 1.54. The number of hydrazone groups is 1. The van der Waals surface area contributed by atoms with Gasteiger partial charge in [0.1, 0.15) is 11.5 Å². The largest absolute Gasteiger partial charge is 0.496 e. The van der Waals surface area contributed by atoms with Gasteiger partial charge in [0.15, 0.2) is 0 Å². The van der Waals surface area contributed by atoms with E-state index in [0.717, 1.165) is 46.5 Å². The Bertz CT molecular complexity index is 891. The van der Waals surface area contributed by atoms with Crippen LogP contribution in [-0.2, 0) is 0 Å². The summed E-state index contributed by atoms with van der Waals surface area (Å²) in [6.45, 7) is 2.95. The zero-order valence-corrected chi connectivity index (χ0v) is 17.0. The van der Waals surface area contributed by atoms with Gasteiger partial charge in [0.25, 0.3) is 0 Å². The first kappa shape index (κ1) is 19.9. The van der Waals surface area contributed by atoms with Crippen molar-refractivity contribution in [3.8, 4) is 22.8 Å². The van der Waals surface area contributed by atoms with E-state index in [1.807, 2.05) is 53.9 Å². The van der Waals surface area contributed by atoms with Crippen LogP contribution in [0.5, 0.6) is 11.5 Å². The lowest BCUT2D eigenvalue weighted by Gasteiger charge is -2.05. The highest BCUT2D eigenvalue weighted by atomic mass is 32.1. The summed E-state index contributed by atoms with van der Waals surface area (Å²) >= 11 is 1.50. The van der Waals surface area contributed by atoms with E-state index in [1.54, 1.807) is 13.3 Å². The topological polar surface area (TPSA) is 55.7 Å². The van der Waals surface area contributed by atoms with Crippen molar-refractivity contribution in [1.29, 1.82) is 0 Å². The van der Waals surface area contributed by atoms with Crippen molar-refractivity contribution in [2.45, 2.75) is 26.2 Å². The maximum absolute atomic E-state index is 5.72. The van der Waals surface area contributed by atoms with Crippen molar-refractivity contribution < 1.29 is 9.47 Å². The molecule has 28 heavy (non-hydrogen) atoms. The second-order valence-electron chi connectivity index (χ2n) is 6.23. The number of para-hydroxylation sites is 1. The standard InChI is InChI=1S/C22H25N3O2S/c1-3-4-7-14-27-18-12-10-17(11-13-18)15-23-25-22-24-20(16-28-22)19-8-5-6-9-21(19)26-2/h5-6,8-13,15-16H,3-4,7,14H2,1-2H3,(H,24,25)/b23-15-. The average Bonchev–Trinajstić information content (AvgIpc) is 3.21. The molecule has 0 aliphatic carbocycles. The molecule has 3 aromatic rings. The van der Waals surface area contributed by atoms with Crippen LogP contribution in [0.1, 0.15) is 31.7 Å². The molecule has 0 amide bonds. The number of unbranched alkanes of at least 4 members (excludes halogenated alkanes) is 2. The number of hydrogen-bond donors (Lipinski definition) is 1. The molecule has 1 N–H and O–H groups in total. The molecular formula is C22H25N3O2S. The van der Waals surface area contributed by atoms with E-state index in [2.05, 4.69) is 22.4 Å². The van der Waals surface area contributed by atoms with Gasteiger partial charge in [-0.3, -0.25) is 5.43 Å². The molecule has 0 saturated carbocycles. The summed E-state index contributed by atoms with van der Waals surface area (Å²) in [5.41, 5.74) is 5.81. The first-order chi connectivity index (χ1) is 13.8. The summed E-state index contributed by atoms with van der Waals surface area (Å²) in [4.78, 5) is 4.58. The third kappa shape index (κ3) is 5.57. The van der Waals surface area contributed by atoms with Crippen LogP contribution < -0.4 is 14.9 Å². The fourth-order valence-electron chi connectivity index (χ4n) is 2.66. The highest BCUT2D eigenvalue weighted by Crippen LogP contribution is 2.31. The van der Waals surface area contributed by atoms with Crippen LogP contribution in [0.25, 0.3) is 11.3 Å². The molecular weight excluding hydrogens is 370 g/mol. The van der Waals surface area contributed by atoms with Crippen LogP contribution in [-0.4, -0.2) is 24.9 Å². The predicted molar refractivity (Wildman–Crippen MR) is 117 cm³/mol. The Hall–Kier alpha value is -2.86. The van der Waals surface area contributed by atoms with Gasteiger partial charge >= 0.3 is 0 Å². The summed E-state index contributed by atoms with van der Waals surface area (Å²) in [6, 6.07) is 15.8. The number of thiazole rings is 1. The Morgan fingerprint density at radius 3 is 2.71 bits per heavy atom. The number of ether oxygens (including phenoxy) is 2. The van der Waals surface area contributed by atoms with Gasteiger partial charge in [-0.05, 0) is 48.4 Å². The van der Waals surface area contributed by atoms with Gasteiger partial charge < -0.3 is 9.47 Å². The summed E-state index contributed by atoms with van der Waals surface area (Å²) in [6.07, 6.45) is 5.26. The fourth-order valence-corrected chi connectivity index (χ4v) is 3.32. The number of aromatic nitrogens is 1. The number of nitrogens with one attached hydrogen (secondary N) is 1. The minimum atomic E-state index is 0.730. The van der Waals surface area contributed by atoms with Crippen molar-refractivity contribution in [2.75, 3.05) is 19.1 Å². The molecule has 0 spiro atoms. The second-order valence-corrected chi connectivity index (χ2v) is 7.09. The van der Waals surface area contributed by atoms with E-state index in [0.29, 0.717) is 0 Å². The van der Waals surface area contributed by atoms with Crippen molar-refractivity contribution in [1.82, 2.24) is 4.98 Å². The minimum absolute atomic E-state index is 0.730. The maximum atomic E-state index is 5.72. The molecule has 0 bridgehead atoms. The number of methoxy groups -OCH3 is 1. The van der Waals surface area contributed by atoms with Crippen LogP contribution in [0.3, 0.4) is 0 Å². The zero-order valence-electron chi connectivity index (χ0n) is 16.2. The number of benzene rings is 2. The Labute approximate surface area is 170 Å². The molecule has 0 radical (unpaired) electrons. The van der Waals surface area contributed by atoms with Crippen LogP contribution in [0.2, 0.25) is 0 Å². The highest BCUT2D eigenvalue weighted by Gasteiger charge is 2.08. The highest BCUT2D eigenvalue weighted by molar-refractivity contribution is 7.14. The molecule has 0 unspecified atom stereocenters. The van der Waals surface area contributed by atoms with Crippen LogP contribution in [0.15, 0.2) is 59.0 Å². The number of hydrogen-bond acceptors (Lipinski definition) is 6. The smallest absolute Gasteiger partial charge is 0.203 e. The average molecular weight is 396 g/mol. The summed E-state index contributed by atoms with van der Waals surface area (Å²) in [5.74, 6) is 1.70. The molecule has 1 aromatic heterocycles. The lowest BCUT2D eigenvalue weighted by atomic mass is 10.1. The van der Waals surface area contributed by atoms with Gasteiger partial charge in [-0.1, -0.05) is 31.9 Å². The molecule has 0 atom stereocenters. The summed E-state index contributed by atoms with van der Waals surface area (Å²) in [5, 5.41) is 6.99. The molecule has 0 aliphatic rings. The summed E-state index contributed by atoms with van der Waals surface area (Å²) in [7, 11) is 1.66. The van der Waals surface area contributed by atoms with Gasteiger partial charge in [0, 0.05) is 10.9 Å². The van der Waals surface area contributed by atoms with E-state index >= 15 is 0 Å². The van der Waals surface area contributed by atoms with Crippen molar-refractivity contribution >= 4 is 22.7 Å². The van der Waals surface area contributed by atoms with Crippen molar-refractivity contribution in [3.63, 3.8) is 0 Å². The van der Waals surface area contributed by atoms with Crippen molar-refractivity contribution in [2.24, 2.45) is 5.10 Å². The first-order valence-corrected chi connectivity index (χ1v) is 10.3. The van der Waals surface area contributed by atoms with Crippen molar-refractivity contribution in [3.05, 3.63) is 59.5 Å². The van der Waals surface area contributed by atoms with E-state index in [4.69, 9.17) is 9.47 Å². The summed E-state index contributed by atoms with van der Waals surface area (Å²) < 4.78 is 11.1. The third-order valence-electron chi connectivity index (χ3n) is 4.16. The Morgan fingerprint density at radius 1 is 1.11 bits per heavy atom. The van der Waals surface area contributed by atoms with Gasteiger partial charge in [0.2, 0.25) is 5.13 Å². The lowest BCUT2D eigenvalue weighted by Crippen LogP contribution is -1.97. The monoisotopic (exact) mass is 395 g/mol. The minimum Gasteiger partial charge on any atom is -0.496 e. The van der Waals surface area contributed by atoms with Gasteiger partial charge in [-0.15, -0.1) is 11.3 Å². The SMILES string of the molecule is CCCCCOc1ccc(/C=N\Nc2nc(-c3ccccc3OC)cs2)cc1. The molecule has 0 saturated heterocycles.